The number of carbonyl (C=O) groups is 1. The molecule has 6 heteroatoms. The van der Waals surface area contributed by atoms with Gasteiger partial charge in [0, 0.05) is 0 Å². The molecule has 0 saturated carbocycles. The van der Waals surface area contributed by atoms with Crippen molar-refractivity contribution in [2.24, 2.45) is 0 Å². The molecule has 0 aromatic heterocycles. The molecule has 16 heavy (non-hydrogen) atoms. The molecule has 4 nitrogen and oxygen atoms in total. The fraction of sp³-hybridized carbons (Fsp3) is 0.300. The van der Waals surface area contributed by atoms with E-state index < -0.39 is 11.8 Å². The van der Waals surface area contributed by atoms with Gasteiger partial charge in [0.25, 0.3) is 0 Å². The third kappa shape index (κ3) is 1.73. The van der Waals surface area contributed by atoms with E-state index in [0.717, 1.165) is 6.07 Å². The van der Waals surface area contributed by atoms with Gasteiger partial charge in [-0.25, -0.2) is 9.18 Å². The van der Waals surface area contributed by atoms with E-state index in [2.05, 4.69) is 20.7 Å². The topological polar surface area (TPSA) is 44.8 Å². The van der Waals surface area contributed by atoms with E-state index in [1.54, 1.807) is 0 Å². The Morgan fingerprint density at radius 1 is 1.44 bits per heavy atom. The van der Waals surface area contributed by atoms with Crippen LogP contribution in [0.15, 0.2) is 10.5 Å². The SMILES string of the molecule is COC(=O)c1cc(F)c(Br)c2c1OCCO2. The Bertz CT molecular complexity index is 447. The van der Waals surface area contributed by atoms with E-state index in [1.807, 2.05) is 0 Å². The first-order valence-electron chi connectivity index (χ1n) is 4.51. The summed E-state index contributed by atoms with van der Waals surface area (Å²) >= 11 is 3.04. The predicted molar refractivity (Wildman–Crippen MR) is 56.4 cm³/mol. The summed E-state index contributed by atoms with van der Waals surface area (Å²) in [4.78, 5) is 11.4. The van der Waals surface area contributed by atoms with E-state index in [-0.39, 0.29) is 21.5 Å². The smallest absolute Gasteiger partial charge is 0.341 e. The van der Waals surface area contributed by atoms with Crippen LogP contribution in [0.1, 0.15) is 10.4 Å². The minimum atomic E-state index is -0.659. The van der Waals surface area contributed by atoms with E-state index in [4.69, 9.17) is 9.47 Å². The molecule has 1 aromatic rings. The Morgan fingerprint density at radius 2 is 2.06 bits per heavy atom. The quantitative estimate of drug-likeness (QED) is 0.744. The molecule has 1 heterocycles. The minimum absolute atomic E-state index is 0.0258. The second-order valence-corrected chi connectivity index (χ2v) is 3.86. The molecule has 2 rings (SSSR count). The van der Waals surface area contributed by atoms with E-state index >= 15 is 0 Å². The minimum Gasteiger partial charge on any atom is -0.485 e. The molecule has 1 aliphatic rings. The number of carbonyl (C=O) groups excluding carboxylic acids is 1. The first kappa shape index (κ1) is 11.2. The largest absolute Gasteiger partial charge is 0.485 e. The van der Waals surface area contributed by atoms with Crippen molar-refractivity contribution in [2.45, 2.75) is 0 Å². The molecule has 0 amide bonds. The van der Waals surface area contributed by atoms with Gasteiger partial charge in [0.1, 0.15) is 24.6 Å². The van der Waals surface area contributed by atoms with Crippen molar-refractivity contribution in [2.75, 3.05) is 20.3 Å². The van der Waals surface area contributed by atoms with Gasteiger partial charge < -0.3 is 14.2 Å². The molecule has 0 N–H and O–H groups in total. The normalized spacial score (nSPS) is 13.4. The van der Waals surface area contributed by atoms with Gasteiger partial charge in [-0.2, -0.15) is 0 Å². The molecule has 0 spiro atoms. The molecular formula is C10H8BrFO4. The highest BCUT2D eigenvalue weighted by atomic mass is 79.9. The lowest BCUT2D eigenvalue weighted by atomic mass is 10.1. The molecule has 0 aliphatic carbocycles. The Labute approximate surface area is 99.4 Å². The molecule has 0 atom stereocenters. The molecule has 0 unspecified atom stereocenters. The third-order valence-corrected chi connectivity index (χ3v) is 2.85. The molecule has 0 fully saturated rings. The average Bonchev–Trinajstić information content (AvgIpc) is 2.33. The highest BCUT2D eigenvalue weighted by molar-refractivity contribution is 9.10. The molecule has 86 valence electrons. The van der Waals surface area contributed by atoms with Crippen LogP contribution < -0.4 is 9.47 Å². The standard InChI is InChI=1S/C10H8BrFO4/c1-14-10(13)5-4-6(12)7(11)9-8(5)15-2-3-16-9/h4H,2-3H2,1H3. The van der Waals surface area contributed by atoms with Crippen molar-refractivity contribution in [1.82, 2.24) is 0 Å². The summed E-state index contributed by atoms with van der Waals surface area (Å²) in [5.74, 6) is -0.837. The zero-order valence-electron chi connectivity index (χ0n) is 8.38. The molecular weight excluding hydrogens is 283 g/mol. The lowest BCUT2D eigenvalue weighted by molar-refractivity contribution is 0.0589. The molecule has 1 aliphatic heterocycles. The summed E-state index contributed by atoms with van der Waals surface area (Å²) in [6, 6.07) is 1.06. The van der Waals surface area contributed by atoms with Crippen LogP contribution in [0.2, 0.25) is 0 Å². The van der Waals surface area contributed by atoms with Crippen LogP contribution in [0.5, 0.6) is 11.5 Å². The molecule has 0 saturated heterocycles. The highest BCUT2D eigenvalue weighted by Crippen LogP contribution is 2.42. The van der Waals surface area contributed by atoms with Gasteiger partial charge in [-0.05, 0) is 22.0 Å². The number of benzene rings is 1. The van der Waals surface area contributed by atoms with Crippen LogP contribution >= 0.6 is 15.9 Å². The van der Waals surface area contributed by atoms with Crippen molar-refractivity contribution in [3.8, 4) is 11.5 Å². The van der Waals surface area contributed by atoms with E-state index in [9.17, 15) is 9.18 Å². The maximum absolute atomic E-state index is 13.5. The van der Waals surface area contributed by atoms with Crippen LogP contribution in [-0.2, 0) is 4.74 Å². The summed E-state index contributed by atoms with van der Waals surface area (Å²) < 4.78 is 28.7. The Hall–Kier alpha value is -1.30. The number of methoxy groups -OCH3 is 1. The summed E-state index contributed by atoms with van der Waals surface area (Å²) in [6.45, 7) is 0.630. The number of esters is 1. The number of halogens is 2. The van der Waals surface area contributed by atoms with Gasteiger partial charge in [0.15, 0.2) is 11.5 Å². The first-order valence-corrected chi connectivity index (χ1v) is 5.30. The van der Waals surface area contributed by atoms with Crippen molar-refractivity contribution in [3.05, 3.63) is 21.9 Å². The third-order valence-electron chi connectivity index (χ3n) is 2.11. The van der Waals surface area contributed by atoms with Gasteiger partial charge in [0.05, 0.1) is 11.6 Å². The summed E-state index contributed by atoms with van der Waals surface area (Å²) in [5, 5.41) is 0. The summed E-state index contributed by atoms with van der Waals surface area (Å²) in [5.41, 5.74) is 0.0258. The Balaban J connectivity index is 2.61. The maximum atomic E-state index is 13.5. The fourth-order valence-corrected chi connectivity index (χ4v) is 1.82. The highest BCUT2D eigenvalue weighted by Gasteiger charge is 2.26. The lowest BCUT2D eigenvalue weighted by Gasteiger charge is -2.21. The molecule has 1 aromatic carbocycles. The van der Waals surface area contributed by atoms with Crippen molar-refractivity contribution in [3.63, 3.8) is 0 Å². The van der Waals surface area contributed by atoms with Crippen LogP contribution in [0.3, 0.4) is 0 Å². The predicted octanol–water partition coefficient (Wildman–Crippen LogP) is 2.15. The maximum Gasteiger partial charge on any atom is 0.341 e. The molecule has 0 bridgehead atoms. The van der Waals surface area contributed by atoms with Gasteiger partial charge in [0.2, 0.25) is 0 Å². The second kappa shape index (κ2) is 4.29. The van der Waals surface area contributed by atoms with Crippen molar-refractivity contribution in [1.29, 1.82) is 0 Å². The average molecular weight is 291 g/mol. The first-order chi connectivity index (χ1) is 7.65. The number of fused-ring (bicyclic) bond motifs is 1. The van der Waals surface area contributed by atoms with Gasteiger partial charge in [-0.3, -0.25) is 0 Å². The van der Waals surface area contributed by atoms with Crippen molar-refractivity contribution < 1.29 is 23.4 Å². The van der Waals surface area contributed by atoms with Crippen LogP contribution in [0.25, 0.3) is 0 Å². The van der Waals surface area contributed by atoms with E-state index in [0.29, 0.717) is 13.2 Å². The number of hydrogen-bond acceptors (Lipinski definition) is 4. The zero-order valence-corrected chi connectivity index (χ0v) is 9.97. The Kier molecular flexibility index (Phi) is 3.00. The van der Waals surface area contributed by atoms with Gasteiger partial charge in [-0.15, -0.1) is 0 Å². The van der Waals surface area contributed by atoms with E-state index in [1.165, 1.54) is 7.11 Å². The lowest BCUT2D eigenvalue weighted by Crippen LogP contribution is -2.19. The number of rotatable bonds is 1. The molecule has 0 radical (unpaired) electrons. The van der Waals surface area contributed by atoms with Crippen molar-refractivity contribution >= 4 is 21.9 Å². The second-order valence-electron chi connectivity index (χ2n) is 3.07. The zero-order chi connectivity index (χ0) is 11.7. The van der Waals surface area contributed by atoms with Crippen LogP contribution in [0, 0.1) is 5.82 Å². The van der Waals surface area contributed by atoms with Crippen LogP contribution in [-0.4, -0.2) is 26.3 Å². The monoisotopic (exact) mass is 290 g/mol. The fourth-order valence-electron chi connectivity index (χ4n) is 1.41. The van der Waals surface area contributed by atoms with Gasteiger partial charge in [-0.1, -0.05) is 0 Å². The summed E-state index contributed by atoms with van der Waals surface area (Å²) in [7, 11) is 1.22. The van der Waals surface area contributed by atoms with Gasteiger partial charge >= 0.3 is 5.97 Å². The summed E-state index contributed by atoms with van der Waals surface area (Å²) in [6.07, 6.45) is 0. The van der Waals surface area contributed by atoms with Crippen LogP contribution in [0.4, 0.5) is 4.39 Å². The number of ether oxygens (including phenoxy) is 3. The number of hydrogen-bond donors (Lipinski definition) is 0. The Morgan fingerprint density at radius 3 is 2.69 bits per heavy atom.